The second kappa shape index (κ2) is 10.9. The molecule has 1 aromatic heterocycles. The molecule has 5 nitrogen and oxygen atoms in total. The minimum Gasteiger partial charge on any atom is -0.492 e. The Morgan fingerprint density at radius 3 is 2.57 bits per heavy atom. The molecule has 1 aliphatic rings. The van der Waals surface area contributed by atoms with Crippen LogP contribution in [-0.4, -0.2) is 33.8 Å². The number of rotatable bonds is 7. The fourth-order valence-electron chi connectivity index (χ4n) is 4.00. The standard InChI is InChI=1S/C27H18BrCl2FN2O3S/c28-18-2-8-24-22(12-18)17(15-32(24)14-16-1-3-19(29)13-23(16)30)11-25-26(34)33(27(35)37-25)9-10-36-21-6-4-20(31)5-7-21/h1-8,11-13,15H,9-10,14H2/b25-11-. The van der Waals surface area contributed by atoms with Gasteiger partial charge in [0.1, 0.15) is 18.2 Å². The summed E-state index contributed by atoms with van der Waals surface area (Å²) in [5.74, 6) is -0.287. The van der Waals surface area contributed by atoms with Crippen LogP contribution in [0, 0.1) is 5.82 Å². The molecular formula is C27H18BrCl2FN2O3S. The lowest BCUT2D eigenvalue weighted by molar-refractivity contribution is -0.123. The molecule has 1 fully saturated rings. The van der Waals surface area contributed by atoms with Gasteiger partial charge in [-0.05, 0) is 78.0 Å². The zero-order valence-corrected chi connectivity index (χ0v) is 23.0. The first-order chi connectivity index (χ1) is 17.8. The molecule has 1 aliphatic heterocycles. The smallest absolute Gasteiger partial charge is 0.293 e. The van der Waals surface area contributed by atoms with E-state index in [4.69, 9.17) is 27.9 Å². The molecule has 10 heteroatoms. The summed E-state index contributed by atoms with van der Waals surface area (Å²) in [6, 6.07) is 16.8. The first kappa shape index (κ1) is 25.9. The minimum absolute atomic E-state index is 0.0851. The second-order valence-electron chi connectivity index (χ2n) is 8.25. The number of benzene rings is 3. The molecule has 4 aromatic rings. The third kappa shape index (κ3) is 5.72. The van der Waals surface area contributed by atoms with Gasteiger partial charge in [0, 0.05) is 43.7 Å². The minimum atomic E-state index is -0.380. The van der Waals surface area contributed by atoms with E-state index in [0.29, 0.717) is 27.2 Å². The van der Waals surface area contributed by atoms with Gasteiger partial charge in [-0.2, -0.15) is 0 Å². The molecule has 0 atom stereocenters. The first-order valence-corrected chi connectivity index (χ1v) is 13.5. The lowest BCUT2D eigenvalue weighted by Gasteiger charge is -2.13. The summed E-state index contributed by atoms with van der Waals surface area (Å²) in [7, 11) is 0. The highest BCUT2D eigenvalue weighted by molar-refractivity contribution is 9.10. The van der Waals surface area contributed by atoms with Gasteiger partial charge in [0.2, 0.25) is 0 Å². The maximum atomic E-state index is 13.1. The summed E-state index contributed by atoms with van der Waals surface area (Å²) in [4.78, 5) is 27.1. The number of hydrogen-bond acceptors (Lipinski definition) is 4. The molecule has 0 aliphatic carbocycles. The molecule has 0 bridgehead atoms. The fourth-order valence-corrected chi connectivity index (χ4v) is 5.68. The third-order valence-corrected chi connectivity index (χ3v) is 7.77. The topological polar surface area (TPSA) is 51.5 Å². The number of imide groups is 1. The molecule has 0 spiro atoms. The van der Waals surface area contributed by atoms with E-state index < -0.39 is 0 Å². The lowest BCUT2D eigenvalue weighted by atomic mass is 10.1. The third-order valence-electron chi connectivity index (χ3n) is 5.79. The van der Waals surface area contributed by atoms with Gasteiger partial charge in [-0.1, -0.05) is 45.2 Å². The molecule has 188 valence electrons. The molecular weight excluding hydrogens is 602 g/mol. The molecule has 0 saturated carbocycles. The van der Waals surface area contributed by atoms with E-state index in [0.717, 1.165) is 43.2 Å². The highest BCUT2D eigenvalue weighted by Crippen LogP contribution is 2.35. The molecule has 0 unspecified atom stereocenters. The quantitative estimate of drug-likeness (QED) is 0.197. The van der Waals surface area contributed by atoms with E-state index in [2.05, 4.69) is 15.9 Å². The van der Waals surface area contributed by atoms with Crippen molar-refractivity contribution in [3.8, 4) is 5.75 Å². The predicted molar refractivity (Wildman–Crippen MR) is 150 cm³/mol. The van der Waals surface area contributed by atoms with Crippen LogP contribution >= 0.6 is 50.9 Å². The number of halogens is 4. The average molecular weight is 620 g/mol. The van der Waals surface area contributed by atoms with Gasteiger partial charge >= 0.3 is 0 Å². The van der Waals surface area contributed by atoms with E-state index in [1.54, 1.807) is 18.2 Å². The number of nitrogens with zero attached hydrogens (tertiary/aromatic N) is 2. The highest BCUT2D eigenvalue weighted by Gasteiger charge is 2.35. The maximum Gasteiger partial charge on any atom is 0.293 e. The SMILES string of the molecule is O=C1S/C(=C\c2cn(Cc3ccc(Cl)cc3Cl)c3ccc(Br)cc23)C(=O)N1CCOc1ccc(F)cc1. The van der Waals surface area contributed by atoms with Crippen LogP contribution in [0.25, 0.3) is 17.0 Å². The van der Waals surface area contributed by atoms with Crippen LogP contribution in [0.2, 0.25) is 10.0 Å². The van der Waals surface area contributed by atoms with E-state index in [1.165, 1.54) is 24.3 Å². The summed E-state index contributed by atoms with van der Waals surface area (Å²) in [6.07, 6.45) is 3.67. The molecule has 0 radical (unpaired) electrons. The van der Waals surface area contributed by atoms with Gasteiger partial charge in [0.15, 0.2) is 0 Å². The van der Waals surface area contributed by atoms with Crippen molar-refractivity contribution in [2.24, 2.45) is 0 Å². The predicted octanol–water partition coefficient (Wildman–Crippen LogP) is 8.01. The Labute approximate surface area is 234 Å². The van der Waals surface area contributed by atoms with E-state index in [1.807, 2.05) is 35.0 Å². The van der Waals surface area contributed by atoms with Gasteiger partial charge in [0.25, 0.3) is 11.1 Å². The summed E-state index contributed by atoms with van der Waals surface area (Å²) >= 11 is 16.9. The van der Waals surface area contributed by atoms with Crippen LogP contribution in [0.15, 0.2) is 76.2 Å². The second-order valence-corrected chi connectivity index (χ2v) is 11.0. The van der Waals surface area contributed by atoms with Gasteiger partial charge in [-0.3, -0.25) is 14.5 Å². The first-order valence-electron chi connectivity index (χ1n) is 11.1. The van der Waals surface area contributed by atoms with Crippen LogP contribution < -0.4 is 4.74 Å². The fraction of sp³-hybridized carbons (Fsp3) is 0.111. The van der Waals surface area contributed by atoms with Crippen molar-refractivity contribution in [3.05, 3.63) is 103 Å². The van der Waals surface area contributed by atoms with Crippen molar-refractivity contribution in [3.63, 3.8) is 0 Å². The zero-order chi connectivity index (χ0) is 26.1. The summed E-state index contributed by atoms with van der Waals surface area (Å²) in [5.41, 5.74) is 2.65. The van der Waals surface area contributed by atoms with Crippen LogP contribution in [0.3, 0.4) is 0 Å². The molecule has 1 saturated heterocycles. The monoisotopic (exact) mass is 618 g/mol. The van der Waals surface area contributed by atoms with Gasteiger partial charge in [-0.25, -0.2) is 4.39 Å². The number of ether oxygens (including phenoxy) is 1. The average Bonchev–Trinajstić information content (AvgIpc) is 3.33. The Bertz CT molecular complexity index is 1560. The van der Waals surface area contributed by atoms with Gasteiger partial charge in [-0.15, -0.1) is 0 Å². The van der Waals surface area contributed by atoms with Gasteiger partial charge in [0.05, 0.1) is 11.4 Å². The molecule has 5 rings (SSSR count). The van der Waals surface area contributed by atoms with Gasteiger partial charge < -0.3 is 9.30 Å². The van der Waals surface area contributed by atoms with Crippen molar-refractivity contribution in [1.29, 1.82) is 0 Å². The lowest BCUT2D eigenvalue weighted by Crippen LogP contribution is -2.32. The van der Waals surface area contributed by atoms with Crippen LogP contribution in [-0.2, 0) is 11.3 Å². The Morgan fingerprint density at radius 2 is 1.81 bits per heavy atom. The Kier molecular flexibility index (Phi) is 7.62. The zero-order valence-electron chi connectivity index (χ0n) is 19.1. The molecule has 37 heavy (non-hydrogen) atoms. The van der Waals surface area contributed by atoms with Crippen LogP contribution in [0.4, 0.5) is 9.18 Å². The summed E-state index contributed by atoms with van der Waals surface area (Å²) < 4.78 is 21.6. The van der Waals surface area contributed by atoms with Crippen molar-refractivity contribution in [2.45, 2.75) is 6.54 Å². The van der Waals surface area contributed by atoms with Crippen LogP contribution in [0.5, 0.6) is 5.75 Å². The number of fused-ring (bicyclic) bond motifs is 1. The maximum absolute atomic E-state index is 13.1. The van der Waals surface area contributed by atoms with Crippen molar-refractivity contribution < 1.29 is 18.7 Å². The van der Waals surface area contributed by atoms with Crippen molar-refractivity contribution in [1.82, 2.24) is 9.47 Å². The molecule has 2 amide bonds. The molecule has 3 aromatic carbocycles. The number of hydrogen-bond donors (Lipinski definition) is 0. The highest BCUT2D eigenvalue weighted by atomic mass is 79.9. The van der Waals surface area contributed by atoms with E-state index in [9.17, 15) is 14.0 Å². The molecule has 0 N–H and O–H groups in total. The van der Waals surface area contributed by atoms with E-state index >= 15 is 0 Å². The largest absolute Gasteiger partial charge is 0.492 e. The normalized spacial score (nSPS) is 14.8. The number of carbonyl (C=O) groups excluding carboxylic acids is 2. The Balaban J connectivity index is 1.38. The van der Waals surface area contributed by atoms with Crippen LogP contribution in [0.1, 0.15) is 11.1 Å². The Hall–Kier alpha value is -2.78. The number of carbonyl (C=O) groups is 2. The van der Waals surface area contributed by atoms with Crippen molar-refractivity contribution in [2.75, 3.05) is 13.2 Å². The number of thioether (sulfide) groups is 1. The number of amides is 2. The van der Waals surface area contributed by atoms with E-state index in [-0.39, 0.29) is 30.1 Å². The number of aromatic nitrogens is 1. The summed E-state index contributed by atoms with van der Waals surface area (Å²) in [5, 5.41) is 1.69. The molecule has 2 heterocycles. The Morgan fingerprint density at radius 1 is 1.03 bits per heavy atom. The summed E-state index contributed by atoms with van der Waals surface area (Å²) in [6.45, 7) is 0.691. The van der Waals surface area contributed by atoms with Crippen molar-refractivity contribution >= 4 is 79.0 Å².